The Balaban J connectivity index is 2.31. The fraction of sp³-hybridized carbons (Fsp3) is 0.562. The second kappa shape index (κ2) is 7.43. The molecule has 5 heteroatoms. The molecule has 0 spiro atoms. The standard InChI is InChI=1S/C16H24N2O3/c1-3-15(19)12-7-5-6-8-13(12)18-9-10-21-11-14(18)16(20)17-4-2/h5-8,14-15,19H,3-4,9-11H2,1-2H3,(H,17,20)/t14?,15-/m1/s1. The highest BCUT2D eigenvalue weighted by molar-refractivity contribution is 5.86. The molecule has 1 saturated heterocycles. The molecule has 0 saturated carbocycles. The number of morpholine rings is 1. The average Bonchev–Trinajstić information content (AvgIpc) is 2.54. The number of para-hydroxylation sites is 1. The number of rotatable bonds is 5. The zero-order valence-corrected chi connectivity index (χ0v) is 12.7. The molecule has 1 heterocycles. The Hall–Kier alpha value is -1.59. The van der Waals surface area contributed by atoms with Crippen LogP contribution in [0.3, 0.4) is 0 Å². The molecule has 0 bridgehead atoms. The molecule has 2 rings (SSSR count). The van der Waals surface area contributed by atoms with Crippen molar-refractivity contribution < 1.29 is 14.6 Å². The van der Waals surface area contributed by atoms with E-state index in [1.807, 2.05) is 43.0 Å². The van der Waals surface area contributed by atoms with Crippen LogP contribution >= 0.6 is 0 Å². The number of nitrogens with one attached hydrogen (secondary N) is 1. The molecular weight excluding hydrogens is 268 g/mol. The fourth-order valence-electron chi connectivity index (χ4n) is 2.65. The molecule has 1 aromatic carbocycles. The summed E-state index contributed by atoms with van der Waals surface area (Å²) in [7, 11) is 0. The van der Waals surface area contributed by atoms with Gasteiger partial charge in [0.25, 0.3) is 0 Å². The van der Waals surface area contributed by atoms with Crippen LogP contribution in [0.2, 0.25) is 0 Å². The zero-order chi connectivity index (χ0) is 15.2. The van der Waals surface area contributed by atoms with Gasteiger partial charge in [0, 0.05) is 24.3 Å². The third-order valence-electron chi connectivity index (χ3n) is 3.77. The molecule has 1 aromatic rings. The van der Waals surface area contributed by atoms with Crippen LogP contribution in [-0.2, 0) is 9.53 Å². The van der Waals surface area contributed by atoms with Crippen molar-refractivity contribution in [2.75, 3.05) is 31.2 Å². The van der Waals surface area contributed by atoms with Crippen LogP contribution in [0.5, 0.6) is 0 Å². The SMILES string of the molecule is CCNC(=O)C1COCCN1c1ccccc1[C@H](O)CC. The number of carbonyl (C=O) groups excluding carboxylic acids is 1. The molecule has 1 amide bonds. The second-order valence-corrected chi connectivity index (χ2v) is 5.16. The van der Waals surface area contributed by atoms with Crippen molar-refractivity contribution in [3.05, 3.63) is 29.8 Å². The Morgan fingerprint density at radius 1 is 1.48 bits per heavy atom. The molecule has 2 atom stereocenters. The van der Waals surface area contributed by atoms with E-state index >= 15 is 0 Å². The number of carbonyl (C=O) groups is 1. The number of benzene rings is 1. The molecule has 0 aliphatic carbocycles. The van der Waals surface area contributed by atoms with E-state index < -0.39 is 6.10 Å². The third kappa shape index (κ3) is 3.54. The summed E-state index contributed by atoms with van der Waals surface area (Å²) in [6.45, 7) is 6.06. The van der Waals surface area contributed by atoms with Crippen LogP contribution in [-0.4, -0.2) is 43.4 Å². The summed E-state index contributed by atoms with van der Waals surface area (Å²) in [5.41, 5.74) is 1.79. The van der Waals surface area contributed by atoms with Crippen LogP contribution in [0.25, 0.3) is 0 Å². The zero-order valence-electron chi connectivity index (χ0n) is 12.7. The summed E-state index contributed by atoms with van der Waals surface area (Å²) in [5, 5.41) is 13.1. The van der Waals surface area contributed by atoms with E-state index in [2.05, 4.69) is 5.32 Å². The fourth-order valence-corrected chi connectivity index (χ4v) is 2.65. The number of aliphatic hydroxyl groups excluding tert-OH is 1. The van der Waals surface area contributed by atoms with Gasteiger partial charge in [-0.1, -0.05) is 25.1 Å². The lowest BCUT2D eigenvalue weighted by Crippen LogP contribution is -2.54. The minimum absolute atomic E-state index is 0.0296. The normalized spacial score (nSPS) is 20.1. The topological polar surface area (TPSA) is 61.8 Å². The van der Waals surface area contributed by atoms with Crippen molar-refractivity contribution in [2.45, 2.75) is 32.4 Å². The molecular formula is C16H24N2O3. The highest BCUT2D eigenvalue weighted by Crippen LogP contribution is 2.30. The third-order valence-corrected chi connectivity index (χ3v) is 3.77. The van der Waals surface area contributed by atoms with Crippen LogP contribution in [0, 0.1) is 0 Å². The second-order valence-electron chi connectivity index (χ2n) is 5.16. The maximum atomic E-state index is 12.2. The summed E-state index contributed by atoms with van der Waals surface area (Å²) < 4.78 is 5.46. The maximum absolute atomic E-state index is 12.2. The predicted molar refractivity (Wildman–Crippen MR) is 82.3 cm³/mol. The maximum Gasteiger partial charge on any atom is 0.245 e. The van der Waals surface area contributed by atoms with Gasteiger partial charge in [0.1, 0.15) is 6.04 Å². The summed E-state index contributed by atoms with van der Waals surface area (Å²) in [6.07, 6.45) is 0.131. The average molecular weight is 292 g/mol. The van der Waals surface area contributed by atoms with E-state index in [-0.39, 0.29) is 11.9 Å². The van der Waals surface area contributed by atoms with Crippen LogP contribution < -0.4 is 10.2 Å². The largest absolute Gasteiger partial charge is 0.388 e. The number of anilines is 1. The monoisotopic (exact) mass is 292 g/mol. The van der Waals surface area contributed by atoms with Crippen LogP contribution in [0.1, 0.15) is 31.9 Å². The summed E-state index contributed by atoms with van der Waals surface area (Å²) in [6, 6.07) is 7.40. The Morgan fingerprint density at radius 3 is 2.95 bits per heavy atom. The van der Waals surface area contributed by atoms with Gasteiger partial charge in [-0.15, -0.1) is 0 Å². The molecule has 1 fully saturated rings. The van der Waals surface area contributed by atoms with E-state index in [0.717, 1.165) is 11.3 Å². The molecule has 1 unspecified atom stereocenters. The molecule has 5 nitrogen and oxygen atoms in total. The lowest BCUT2D eigenvalue weighted by Gasteiger charge is -2.37. The van der Waals surface area contributed by atoms with Gasteiger partial charge < -0.3 is 20.1 Å². The van der Waals surface area contributed by atoms with E-state index in [4.69, 9.17) is 4.74 Å². The number of aliphatic hydroxyl groups is 1. The number of likely N-dealkylation sites (N-methyl/N-ethyl adjacent to an activating group) is 1. The number of nitrogens with zero attached hydrogens (tertiary/aromatic N) is 1. The van der Waals surface area contributed by atoms with Crippen molar-refractivity contribution in [3.8, 4) is 0 Å². The van der Waals surface area contributed by atoms with Crippen molar-refractivity contribution in [2.24, 2.45) is 0 Å². The van der Waals surface area contributed by atoms with E-state index in [1.54, 1.807) is 0 Å². The van der Waals surface area contributed by atoms with Crippen molar-refractivity contribution in [3.63, 3.8) is 0 Å². The van der Waals surface area contributed by atoms with Crippen molar-refractivity contribution >= 4 is 11.6 Å². The van der Waals surface area contributed by atoms with Gasteiger partial charge in [0.05, 0.1) is 19.3 Å². The van der Waals surface area contributed by atoms with Crippen molar-refractivity contribution in [1.82, 2.24) is 5.32 Å². The van der Waals surface area contributed by atoms with Crippen LogP contribution in [0.15, 0.2) is 24.3 Å². The van der Waals surface area contributed by atoms with Gasteiger partial charge in [0.15, 0.2) is 0 Å². The number of hydrogen-bond donors (Lipinski definition) is 2. The number of ether oxygens (including phenoxy) is 1. The Kier molecular flexibility index (Phi) is 5.59. The highest BCUT2D eigenvalue weighted by Gasteiger charge is 2.31. The van der Waals surface area contributed by atoms with Gasteiger partial charge in [-0.05, 0) is 19.4 Å². The first-order valence-corrected chi connectivity index (χ1v) is 7.58. The molecule has 0 aromatic heterocycles. The summed E-state index contributed by atoms with van der Waals surface area (Å²) >= 11 is 0. The molecule has 0 radical (unpaired) electrons. The van der Waals surface area contributed by atoms with Crippen molar-refractivity contribution in [1.29, 1.82) is 0 Å². The molecule has 116 valence electrons. The summed E-state index contributed by atoms with van der Waals surface area (Å²) in [5.74, 6) is -0.0296. The van der Waals surface area contributed by atoms with E-state index in [0.29, 0.717) is 32.7 Å². The van der Waals surface area contributed by atoms with E-state index in [9.17, 15) is 9.90 Å². The summed E-state index contributed by atoms with van der Waals surface area (Å²) in [4.78, 5) is 14.3. The lowest BCUT2D eigenvalue weighted by atomic mass is 10.0. The predicted octanol–water partition coefficient (Wildman–Crippen LogP) is 1.47. The first-order chi connectivity index (χ1) is 10.2. The minimum atomic E-state index is -0.515. The van der Waals surface area contributed by atoms with Gasteiger partial charge in [0.2, 0.25) is 5.91 Å². The van der Waals surface area contributed by atoms with Gasteiger partial charge in [-0.25, -0.2) is 0 Å². The molecule has 2 N–H and O–H groups in total. The number of amides is 1. The number of hydrogen-bond acceptors (Lipinski definition) is 4. The van der Waals surface area contributed by atoms with E-state index in [1.165, 1.54) is 0 Å². The Morgan fingerprint density at radius 2 is 2.24 bits per heavy atom. The first-order valence-electron chi connectivity index (χ1n) is 7.58. The van der Waals surface area contributed by atoms with Crippen LogP contribution in [0.4, 0.5) is 5.69 Å². The lowest BCUT2D eigenvalue weighted by molar-refractivity contribution is -0.124. The minimum Gasteiger partial charge on any atom is -0.388 e. The molecule has 21 heavy (non-hydrogen) atoms. The van der Waals surface area contributed by atoms with Gasteiger partial charge in [-0.3, -0.25) is 4.79 Å². The van der Waals surface area contributed by atoms with Gasteiger partial charge >= 0.3 is 0 Å². The van der Waals surface area contributed by atoms with Gasteiger partial charge in [-0.2, -0.15) is 0 Å². The quantitative estimate of drug-likeness (QED) is 0.863. The smallest absolute Gasteiger partial charge is 0.245 e. The molecule has 1 aliphatic rings. The molecule has 1 aliphatic heterocycles. The Labute approximate surface area is 125 Å². The first kappa shape index (κ1) is 15.8. The highest BCUT2D eigenvalue weighted by atomic mass is 16.5. The Bertz CT molecular complexity index is 478.